The van der Waals surface area contributed by atoms with Gasteiger partial charge in [0.15, 0.2) is 0 Å². The van der Waals surface area contributed by atoms with Crippen LogP contribution in [0.1, 0.15) is 11.1 Å². The van der Waals surface area contributed by atoms with Gasteiger partial charge in [-0.2, -0.15) is 0 Å². The van der Waals surface area contributed by atoms with Crippen LogP contribution in [0.2, 0.25) is 0 Å². The highest BCUT2D eigenvalue weighted by molar-refractivity contribution is 9.11. The van der Waals surface area contributed by atoms with Crippen LogP contribution < -0.4 is 10.1 Å². The molecular formula is C16H16Br2FNO. The molecule has 0 fully saturated rings. The summed E-state index contributed by atoms with van der Waals surface area (Å²) in [4.78, 5) is 0. The van der Waals surface area contributed by atoms with Crippen LogP contribution in [0.3, 0.4) is 0 Å². The van der Waals surface area contributed by atoms with Gasteiger partial charge < -0.3 is 10.1 Å². The van der Waals surface area contributed by atoms with Crippen molar-refractivity contribution >= 4 is 31.9 Å². The van der Waals surface area contributed by atoms with Gasteiger partial charge in [0, 0.05) is 6.54 Å². The van der Waals surface area contributed by atoms with Crippen molar-refractivity contribution < 1.29 is 9.13 Å². The second-order valence-electron chi connectivity index (χ2n) is 4.65. The summed E-state index contributed by atoms with van der Waals surface area (Å²) in [5, 5.41) is 3.36. The Hall–Kier alpha value is -0.910. The lowest BCUT2D eigenvalue weighted by molar-refractivity contribution is 0.409. The Balaban J connectivity index is 1.86. The summed E-state index contributed by atoms with van der Waals surface area (Å²) in [6.07, 6.45) is 0.802. The average Bonchev–Trinajstić information content (AvgIpc) is 2.43. The summed E-state index contributed by atoms with van der Waals surface area (Å²) in [6, 6.07) is 10.8. The van der Waals surface area contributed by atoms with Gasteiger partial charge in [0.1, 0.15) is 11.6 Å². The molecule has 2 nitrogen and oxygen atoms in total. The molecule has 0 unspecified atom stereocenters. The highest BCUT2D eigenvalue weighted by Gasteiger charge is 2.07. The van der Waals surface area contributed by atoms with E-state index < -0.39 is 0 Å². The number of methoxy groups -OCH3 is 1. The van der Waals surface area contributed by atoms with Crippen LogP contribution in [-0.4, -0.2) is 13.7 Å². The van der Waals surface area contributed by atoms with E-state index in [2.05, 4.69) is 37.2 Å². The maximum absolute atomic E-state index is 13.1. The van der Waals surface area contributed by atoms with E-state index in [1.54, 1.807) is 19.2 Å². The fourth-order valence-corrected chi connectivity index (χ4v) is 3.67. The number of nitrogens with one attached hydrogen (secondary N) is 1. The molecule has 0 saturated carbocycles. The number of hydrogen-bond acceptors (Lipinski definition) is 2. The molecule has 0 aliphatic heterocycles. The zero-order valence-electron chi connectivity index (χ0n) is 11.6. The quantitative estimate of drug-likeness (QED) is 0.689. The molecule has 0 aromatic heterocycles. The summed E-state index contributed by atoms with van der Waals surface area (Å²) in [6.45, 7) is 1.54. The first-order valence-corrected chi connectivity index (χ1v) is 8.16. The number of halogens is 3. The van der Waals surface area contributed by atoms with Crippen molar-refractivity contribution in [3.63, 3.8) is 0 Å². The van der Waals surface area contributed by atoms with Gasteiger partial charge in [0.2, 0.25) is 0 Å². The van der Waals surface area contributed by atoms with Crippen molar-refractivity contribution in [2.45, 2.75) is 13.0 Å². The van der Waals surface area contributed by atoms with Crippen molar-refractivity contribution in [2.75, 3.05) is 13.7 Å². The van der Waals surface area contributed by atoms with E-state index in [1.165, 1.54) is 6.07 Å². The van der Waals surface area contributed by atoms with Crippen molar-refractivity contribution in [1.82, 2.24) is 5.32 Å². The molecule has 0 spiro atoms. The highest BCUT2D eigenvalue weighted by Crippen LogP contribution is 2.34. The summed E-state index contributed by atoms with van der Waals surface area (Å²) >= 11 is 6.97. The van der Waals surface area contributed by atoms with Crippen LogP contribution in [0.5, 0.6) is 5.75 Å². The van der Waals surface area contributed by atoms with E-state index in [4.69, 9.17) is 4.74 Å². The topological polar surface area (TPSA) is 21.3 Å². The number of hydrogen-bond donors (Lipinski definition) is 1. The van der Waals surface area contributed by atoms with E-state index in [-0.39, 0.29) is 5.82 Å². The largest absolute Gasteiger partial charge is 0.494 e. The molecular weight excluding hydrogens is 401 g/mol. The summed E-state index contributed by atoms with van der Waals surface area (Å²) in [5.41, 5.74) is 2.15. The molecule has 2 rings (SSSR count). The molecule has 2 aromatic rings. The van der Waals surface area contributed by atoms with Gasteiger partial charge in [-0.05, 0) is 80.2 Å². The highest BCUT2D eigenvalue weighted by atomic mass is 79.9. The maximum Gasteiger partial charge on any atom is 0.147 e. The standard InChI is InChI=1S/C16H16Br2FNO/c1-21-16-14(17)8-12(9-15(16)18)10-20-6-5-11-3-2-4-13(19)7-11/h2-4,7-9,20H,5-6,10H2,1H3. The van der Waals surface area contributed by atoms with Crippen LogP contribution >= 0.6 is 31.9 Å². The van der Waals surface area contributed by atoms with Crippen molar-refractivity contribution in [2.24, 2.45) is 0 Å². The Morgan fingerprint density at radius 2 is 1.81 bits per heavy atom. The lowest BCUT2D eigenvalue weighted by Gasteiger charge is -2.10. The molecule has 0 atom stereocenters. The average molecular weight is 417 g/mol. The van der Waals surface area contributed by atoms with Crippen LogP contribution in [0.25, 0.3) is 0 Å². The molecule has 112 valence electrons. The molecule has 0 bridgehead atoms. The monoisotopic (exact) mass is 415 g/mol. The van der Waals surface area contributed by atoms with Crippen molar-refractivity contribution in [3.05, 3.63) is 62.3 Å². The number of ether oxygens (including phenoxy) is 1. The Morgan fingerprint density at radius 1 is 1.10 bits per heavy atom. The molecule has 0 amide bonds. The molecule has 1 N–H and O–H groups in total. The van der Waals surface area contributed by atoms with E-state index in [9.17, 15) is 4.39 Å². The first-order valence-electron chi connectivity index (χ1n) is 6.57. The molecule has 0 aliphatic carbocycles. The number of rotatable bonds is 6. The molecule has 5 heteroatoms. The minimum absolute atomic E-state index is 0.185. The first kappa shape index (κ1) is 16.5. The van der Waals surface area contributed by atoms with E-state index in [0.717, 1.165) is 45.3 Å². The van der Waals surface area contributed by atoms with Crippen LogP contribution in [-0.2, 0) is 13.0 Å². The maximum atomic E-state index is 13.1. The van der Waals surface area contributed by atoms with Crippen LogP contribution in [0, 0.1) is 5.82 Å². The number of benzene rings is 2. The van der Waals surface area contributed by atoms with Gasteiger partial charge in [-0.15, -0.1) is 0 Å². The fraction of sp³-hybridized carbons (Fsp3) is 0.250. The predicted molar refractivity (Wildman–Crippen MR) is 90.2 cm³/mol. The second-order valence-corrected chi connectivity index (χ2v) is 6.36. The van der Waals surface area contributed by atoms with Gasteiger partial charge in [-0.25, -0.2) is 4.39 Å². The Kier molecular flexibility index (Phi) is 6.21. The predicted octanol–water partition coefficient (Wildman–Crippen LogP) is 4.69. The van der Waals surface area contributed by atoms with E-state index in [0.29, 0.717) is 0 Å². The van der Waals surface area contributed by atoms with E-state index >= 15 is 0 Å². The SMILES string of the molecule is COc1c(Br)cc(CNCCc2cccc(F)c2)cc1Br. The minimum atomic E-state index is -0.185. The van der Waals surface area contributed by atoms with Gasteiger partial charge in [-0.1, -0.05) is 12.1 Å². The zero-order valence-corrected chi connectivity index (χ0v) is 14.8. The van der Waals surface area contributed by atoms with Gasteiger partial charge >= 0.3 is 0 Å². The third-order valence-corrected chi connectivity index (χ3v) is 4.25. The molecule has 0 heterocycles. The zero-order chi connectivity index (χ0) is 15.2. The lowest BCUT2D eigenvalue weighted by Crippen LogP contribution is -2.16. The molecule has 0 saturated heterocycles. The molecule has 0 radical (unpaired) electrons. The summed E-state index contributed by atoms with van der Waals surface area (Å²) in [7, 11) is 1.64. The Morgan fingerprint density at radius 3 is 2.43 bits per heavy atom. The normalized spacial score (nSPS) is 10.7. The van der Waals surface area contributed by atoms with E-state index in [1.807, 2.05) is 18.2 Å². The molecule has 2 aromatic carbocycles. The van der Waals surface area contributed by atoms with Crippen molar-refractivity contribution in [1.29, 1.82) is 0 Å². The smallest absolute Gasteiger partial charge is 0.147 e. The molecule has 21 heavy (non-hydrogen) atoms. The second kappa shape index (κ2) is 7.92. The molecule has 0 aliphatic rings. The van der Waals surface area contributed by atoms with Crippen molar-refractivity contribution in [3.8, 4) is 5.75 Å². The fourth-order valence-electron chi connectivity index (χ4n) is 2.07. The third kappa shape index (κ3) is 4.80. The van der Waals surface area contributed by atoms with Gasteiger partial charge in [0.05, 0.1) is 16.1 Å². The Labute approximate surface area is 141 Å². The minimum Gasteiger partial charge on any atom is -0.494 e. The summed E-state index contributed by atoms with van der Waals surface area (Å²) < 4.78 is 20.2. The lowest BCUT2D eigenvalue weighted by atomic mass is 10.1. The first-order chi connectivity index (χ1) is 10.1. The van der Waals surface area contributed by atoms with Crippen LogP contribution in [0.15, 0.2) is 45.3 Å². The third-order valence-electron chi connectivity index (χ3n) is 3.07. The van der Waals surface area contributed by atoms with Gasteiger partial charge in [-0.3, -0.25) is 0 Å². The summed E-state index contributed by atoms with van der Waals surface area (Å²) in [5.74, 6) is 0.606. The van der Waals surface area contributed by atoms with Gasteiger partial charge in [0.25, 0.3) is 0 Å². The van der Waals surface area contributed by atoms with Crippen LogP contribution in [0.4, 0.5) is 4.39 Å². The Bertz CT molecular complexity index is 596.